The lowest BCUT2D eigenvalue weighted by Gasteiger charge is -2.29. The first kappa shape index (κ1) is 23.5. The average molecular weight is 365 g/mol. The summed E-state index contributed by atoms with van der Waals surface area (Å²) in [4.78, 5) is 37.9. The summed E-state index contributed by atoms with van der Waals surface area (Å²) >= 11 is 0. The third-order valence-corrected chi connectivity index (χ3v) is 4.29. The van der Waals surface area contributed by atoms with E-state index in [-0.39, 0.29) is 23.0 Å². The molecule has 7 heteroatoms. The molecule has 0 aliphatic carbocycles. The van der Waals surface area contributed by atoms with Gasteiger partial charge in [-0.15, -0.1) is 0 Å². The minimum Gasteiger partial charge on any atom is -0.419 e. The van der Waals surface area contributed by atoms with Crippen molar-refractivity contribution in [1.82, 2.24) is 0 Å². The summed E-state index contributed by atoms with van der Waals surface area (Å²) < 4.78 is 4.90. The van der Waals surface area contributed by atoms with E-state index in [1.807, 2.05) is 0 Å². The van der Waals surface area contributed by atoms with Crippen molar-refractivity contribution in [3.63, 3.8) is 0 Å². The van der Waals surface area contributed by atoms with Crippen molar-refractivity contribution in [2.75, 3.05) is 0 Å². The van der Waals surface area contributed by atoms with Crippen molar-refractivity contribution in [1.29, 1.82) is 0 Å². The molecule has 0 bridgehead atoms. The Morgan fingerprint density at radius 3 is 2.23 bits per heavy atom. The van der Waals surface area contributed by atoms with E-state index in [1.165, 1.54) is 19.1 Å². The molecule has 0 saturated carbocycles. The van der Waals surface area contributed by atoms with Gasteiger partial charge in [0.25, 0.3) is 0 Å². The first-order valence-electron chi connectivity index (χ1n) is 8.37. The Morgan fingerprint density at radius 1 is 1.27 bits per heavy atom. The van der Waals surface area contributed by atoms with Crippen LogP contribution in [0.4, 0.5) is 5.69 Å². The number of esters is 1. The monoisotopic (exact) mass is 365 g/mol. The fourth-order valence-electron chi connectivity index (χ4n) is 2.52. The summed E-state index contributed by atoms with van der Waals surface area (Å²) in [5, 5.41) is 11.2. The topological polar surface area (TPSA) is 104 Å². The number of nitro benzene ring substituents is 1. The molecule has 0 heterocycles. The Kier molecular flexibility index (Phi) is 9.44. The SMILES string of the molecule is CC(=O)Oc1ccc(C[C@H](C)CC(C)C(C)(C)C)cc1[N+](=O)[O-].O=C=O. The molecule has 0 fully saturated rings. The van der Waals surface area contributed by atoms with Gasteiger partial charge in [0, 0.05) is 13.0 Å². The lowest BCUT2D eigenvalue weighted by atomic mass is 9.76. The summed E-state index contributed by atoms with van der Waals surface area (Å²) in [5.41, 5.74) is 0.981. The van der Waals surface area contributed by atoms with Crippen LogP contribution in [0.1, 0.15) is 53.5 Å². The van der Waals surface area contributed by atoms with Gasteiger partial charge in [0.1, 0.15) is 0 Å². The summed E-state index contributed by atoms with van der Waals surface area (Å²) in [6.07, 6.45) is 2.07. The van der Waals surface area contributed by atoms with Crippen LogP contribution in [0.25, 0.3) is 0 Å². The molecule has 1 rings (SSSR count). The Bertz CT molecular complexity index is 656. The number of carbonyl (C=O) groups is 1. The third-order valence-electron chi connectivity index (χ3n) is 4.29. The molecular formula is C19H27NO6. The molecular weight excluding hydrogens is 338 g/mol. The van der Waals surface area contributed by atoms with Crippen molar-refractivity contribution in [3.05, 3.63) is 33.9 Å². The van der Waals surface area contributed by atoms with Gasteiger partial charge in [0.05, 0.1) is 4.92 Å². The lowest BCUT2D eigenvalue weighted by molar-refractivity contribution is -0.385. The first-order chi connectivity index (χ1) is 11.9. The highest BCUT2D eigenvalue weighted by Crippen LogP contribution is 2.33. The normalized spacial score (nSPS) is 12.8. The van der Waals surface area contributed by atoms with Gasteiger partial charge in [-0.3, -0.25) is 14.9 Å². The zero-order valence-electron chi connectivity index (χ0n) is 16.2. The Morgan fingerprint density at radius 2 is 1.81 bits per heavy atom. The van der Waals surface area contributed by atoms with Crippen molar-refractivity contribution in [3.8, 4) is 5.75 Å². The maximum Gasteiger partial charge on any atom is 0.373 e. The van der Waals surface area contributed by atoms with Crippen LogP contribution in [0.5, 0.6) is 5.75 Å². The van der Waals surface area contributed by atoms with E-state index in [4.69, 9.17) is 14.3 Å². The molecule has 1 aromatic carbocycles. The molecule has 144 valence electrons. The molecule has 0 amide bonds. The number of carbonyl (C=O) groups excluding carboxylic acids is 3. The predicted molar refractivity (Wildman–Crippen MR) is 95.5 cm³/mol. The van der Waals surface area contributed by atoms with E-state index < -0.39 is 10.9 Å². The zero-order valence-corrected chi connectivity index (χ0v) is 16.2. The van der Waals surface area contributed by atoms with Crippen molar-refractivity contribution >= 4 is 17.8 Å². The highest BCUT2D eigenvalue weighted by molar-refractivity contribution is 5.71. The van der Waals surface area contributed by atoms with E-state index in [0.29, 0.717) is 11.8 Å². The maximum absolute atomic E-state index is 11.2. The molecule has 2 atom stereocenters. The fourth-order valence-corrected chi connectivity index (χ4v) is 2.52. The fraction of sp³-hybridized carbons (Fsp3) is 0.579. The smallest absolute Gasteiger partial charge is 0.373 e. The van der Waals surface area contributed by atoms with E-state index in [9.17, 15) is 14.9 Å². The number of hydrogen-bond acceptors (Lipinski definition) is 6. The number of nitrogens with zero attached hydrogens (tertiary/aromatic N) is 1. The minimum absolute atomic E-state index is 0.00182. The van der Waals surface area contributed by atoms with Gasteiger partial charge in [-0.05, 0) is 41.7 Å². The van der Waals surface area contributed by atoms with Gasteiger partial charge in [-0.1, -0.05) is 40.7 Å². The molecule has 0 aromatic heterocycles. The highest BCUT2D eigenvalue weighted by atomic mass is 16.6. The van der Waals surface area contributed by atoms with Crippen LogP contribution >= 0.6 is 0 Å². The summed E-state index contributed by atoms with van der Waals surface area (Å²) in [6, 6.07) is 4.81. The summed E-state index contributed by atoms with van der Waals surface area (Å²) in [5.74, 6) is 0.423. The number of benzene rings is 1. The minimum atomic E-state index is -0.562. The van der Waals surface area contributed by atoms with E-state index >= 15 is 0 Å². The average Bonchev–Trinajstić information content (AvgIpc) is 2.47. The van der Waals surface area contributed by atoms with Gasteiger partial charge in [-0.25, -0.2) is 0 Å². The number of nitro groups is 1. The second-order valence-electron chi connectivity index (χ2n) is 7.55. The third kappa shape index (κ3) is 8.53. The van der Waals surface area contributed by atoms with Crippen LogP contribution in [0.3, 0.4) is 0 Å². The van der Waals surface area contributed by atoms with Crippen LogP contribution in [-0.4, -0.2) is 17.0 Å². The quantitative estimate of drug-likeness (QED) is 0.324. The maximum atomic E-state index is 11.2. The Balaban J connectivity index is 0.00000194. The highest BCUT2D eigenvalue weighted by Gasteiger charge is 2.23. The second kappa shape index (κ2) is 10.5. The van der Waals surface area contributed by atoms with Crippen LogP contribution < -0.4 is 4.74 Å². The standard InChI is InChI=1S/C18H27NO4.CO2/c1-12(9-13(2)18(4,5)6)10-15-7-8-17(23-14(3)20)16(11-15)19(21)22;2-1-3/h7-8,11-13H,9-10H2,1-6H3;/t12-,13?;/m1./s1. The molecule has 1 aromatic rings. The molecule has 0 saturated heterocycles. The van der Waals surface area contributed by atoms with Crippen LogP contribution in [-0.2, 0) is 20.8 Å². The molecule has 1 unspecified atom stereocenters. The van der Waals surface area contributed by atoms with Gasteiger partial charge < -0.3 is 4.74 Å². The van der Waals surface area contributed by atoms with E-state index in [1.54, 1.807) is 6.07 Å². The van der Waals surface area contributed by atoms with Crippen LogP contribution in [0.2, 0.25) is 0 Å². The largest absolute Gasteiger partial charge is 0.419 e. The Hall–Kier alpha value is -2.53. The second-order valence-corrected chi connectivity index (χ2v) is 7.55. The molecule has 0 radical (unpaired) electrons. The van der Waals surface area contributed by atoms with Gasteiger partial charge in [0.2, 0.25) is 5.75 Å². The molecule has 0 aliphatic rings. The summed E-state index contributed by atoms with van der Waals surface area (Å²) in [6.45, 7) is 12.3. The van der Waals surface area contributed by atoms with Crippen molar-refractivity contribution in [2.24, 2.45) is 17.3 Å². The molecule has 0 aliphatic heterocycles. The van der Waals surface area contributed by atoms with E-state index in [0.717, 1.165) is 18.4 Å². The van der Waals surface area contributed by atoms with Gasteiger partial charge in [0.15, 0.2) is 0 Å². The van der Waals surface area contributed by atoms with Crippen LogP contribution in [0.15, 0.2) is 18.2 Å². The lowest BCUT2D eigenvalue weighted by Crippen LogP contribution is -2.20. The number of rotatable bonds is 6. The number of ether oxygens (including phenoxy) is 1. The molecule has 0 N–H and O–H groups in total. The van der Waals surface area contributed by atoms with Gasteiger partial charge >= 0.3 is 17.8 Å². The van der Waals surface area contributed by atoms with E-state index in [2.05, 4.69) is 34.6 Å². The van der Waals surface area contributed by atoms with Gasteiger partial charge in [-0.2, -0.15) is 9.59 Å². The number of hydrogen-bond donors (Lipinski definition) is 0. The zero-order chi connectivity index (χ0) is 20.5. The summed E-state index contributed by atoms with van der Waals surface area (Å²) in [7, 11) is 0. The molecule has 0 spiro atoms. The first-order valence-corrected chi connectivity index (χ1v) is 8.37. The van der Waals surface area contributed by atoms with Crippen molar-refractivity contribution in [2.45, 2.75) is 54.4 Å². The molecule has 7 nitrogen and oxygen atoms in total. The van der Waals surface area contributed by atoms with Crippen molar-refractivity contribution < 1.29 is 24.0 Å². The predicted octanol–water partition coefficient (Wildman–Crippen LogP) is 4.19. The molecule has 26 heavy (non-hydrogen) atoms. The Labute approximate surface area is 153 Å². The van der Waals surface area contributed by atoms with Crippen LogP contribution in [0, 0.1) is 27.4 Å².